The summed E-state index contributed by atoms with van der Waals surface area (Å²) >= 11 is 0. The van der Waals surface area contributed by atoms with Crippen LogP contribution in [-0.4, -0.2) is 54.7 Å². The van der Waals surface area contributed by atoms with Gasteiger partial charge in [0.1, 0.15) is 12.2 Å². The number of rotatable bonds is 2. The van der Waals surface area contributed by atoms with E-state index in [1.807, 2.05) is 0 Å². The predicted molar refractivity (Wildman–Crippen MR) is 64.5 cm³/mol. The van der Waals surface area contributed by atoms with E-state index in [1.54, 1.807) is 0 Å². The summed E-state index contributed by atoms with van der Waals surface area (Å²) in [7, 11) is 0. The Morgan fingerprint density at radius 2 is 2.35 bits per heavy atom. The third-order valence-electron chi connectivity index (χ3n) is 3.20. The third-order valence-corrected chi connectivity index (χ3v) is 3.20. The van der Waals surface area contributed by atoms with E-state index in [1.165, 1.54) is 10.9 Å². The van der Waals surface area contributed by atoms with Crippen LogP contribution in [0.5, 0.6) is 0 Å². The molecule has 0 spiro atoms. The van der Waals surface area contributed by atoms with Crippen LogP contribution in [0.15, 0.2) is 11.1 Å². The van der Waals surface area contributed by atoms with Gasteiger partial charge in [0.05, 0.1) is 12.9 Å². The van der Waals surface area contributed by atoms with E-state index < -0.39 is 36.8 Å². The highest BCUT2D eigenvalue weighted by atomic mass is 19.1. The molecule has 10 heteroatoms. The molecule has 0 amide bonds. The second-order valence-corrected chi connectivity index (χ2v) is 4.46. The first-order valence-electron chi connectivity index (χ1n) is 5.83. The number of nitrogens with two attached hydrogens (primary N) is 1. The Hall–Kier alpha value is -2.04. The lowest BCUT2D eigenvalue weighted by molar-refractivity contribution is -0.0459. The minimum absolute atomic E-state index is 0.0167. The molecule has 0 aromatic carbocycles. The number of hydrogen-bond acceptors (Lipinski definition) is 7. The van der Waals surface area contributed by atoms with Crippen molar-refractivity contribution in [3.05, 3.63) is 16.7 Å². The van der Waals surface area contributed by atoms with E-state index in [0.29, 0.717) is 0 Å². The second kappa shape index (κ2) is 4.51. The molecule has 3 rings (SSSR count). The molecule has 1 unspecified atom stereocenters. The number of nitrogens with one attached hydrogen (secondary N) is 1. The molecule has 0 bridgehead atoms. The van der Waals surface area contributed by atoms with Crippen molar-refractivity contribution in [2.75, 3.05) is 12.3 Å². The number of nitrogen functional groups attached to an aromatic ring is 1. The highest BCUT2D eigenvalue weighted by Gasteiger charge is 2.45. The SMILES string of the molecule is Nc1nc2c(ncn2[C@@H]2O[C@H](CO)[C@H](O)C2F)c(=O)[nH]1. The average molecular weight is 285 g/mol. The van der Waals surface area contributed by atoms with Gasteiger partial charge >= 0.3 is 0 Å². The molecular formula is C10H12FN5O4. The molecule has 20 heavy (non-hydrogen) atoms. The van der Waals surface area contributed by atoms with Crippen LogP contribution in [0.2, 0.25) is 0 Å². The fraction of sp³-hybridized carbons (Fsp3) is 0.500. The Morgan fingerprint density at radius 1 is 1.60 bits per heavy atom. The first-order valence-corrected chi connectivity index (χ1v) is 5.83. The summed E-state index contributed by atoms with van der Waals surface area (Å²) in [6.45, 7) is -0.527. The maximum absolute atomic E-state index is 14.0. The molecule has 2 aromatic rings. The number of fused-ring (bicyclic) bond motifs is 1. The summed E-state index contributed by atoms with van der Waals surface area (Å²) in [4.78, 5) is 21.6. The standard InChI is InChI=1S/C10H12FN5O4/c11-4-6(18)3(1-17)20-9(4)16-2-13-5-7(16)14-10(12)15-8(5)19/h2-4,6,9,17-18H,1H2,(H3,12,14,15,19)/t3-,4?,6+,9-/m1/s1. The van der Waals surface area contributed by atoms with Gasteiger partial charge in [0.25, 0.3) is 5.56 Å². The molecule has 1 aliphatic rings. The Morgan fingerprint density at radius 3 is 3.00 bits per heavy atom. The van der Waals surface area contributed by atoms with E-state index in [9.17, 15) is 14.3 Å². The van der Waals surface area contributed by atoms with E-state index in [2.05, 4.69) is 15.0 Å². The fourth-order valence-corrected chi connectivity index (χ4v) is 2.21. The molecular weight excluding hydrogens is 273 g/mol. The van der Waals surface area contributed by atoms with Crippen molar-refractivity contribution in [2.24, 2.45) is 0 Å². The van der Waals surface area contributed by atoms with E-state index >= 15 is 0 Å². The van der Waals surface area contributed by atoms with Crippen molar-refractivity contribution in [2.45, 2.75) is 24.6 Å². The number of halogens is 1. The molecule has 1 aliphatic heterocycles. The first-order chi connectivity index (χ1) is 9.52. The van der Waals surface area contributed by atoms with Crippen molar-refractivity contribution in [3.8, 4) is 0 Å². The molecule has 1 saturated heterocycles. The number of aliphatic hydroxyl groups excluding tert-OH is 2. The second-order valence-electron chi connectivity index (χ2n) is 4.46. The quantitative estimate of drug-likeness (QED) is 0.515. The minimum atomic E-state index is -1.79. The molecule has 2 aromatic heterocycles. The summed E-state index contributed by atoms with van der Waals surface area (Å²) in [6, 6.07) is 0. The van der Waals surface area contributed by atoms with Gasteiger partial charge in [-0.05, 0) is 0 Å². The zero-order valence-electron chi connectivity index (χ0n) is 10.1. The molecule has 4 atom stereocenters. The minimum Gasteiger partial charge on any atom is -0.394 e. The van der Waals surface area contributed by atoms with Gasteiger partial charge in [-0.25, -0.2) is 9.37 Å². The van der Waals surface area contributed by atoms with Crippen LogP contribution in [-0.2, 0) is 4.74 Å². The van der Waals surface area contributed by atoms with Crippen molar-refractivity contribution in [3.63, 3.8) is 0 Å². The first kappa shape index (κ1) is 13.0. The highest BCUT2D eigenvalue weighted by molar-refractivity contribution is 5.70. The van der Waals surface area contributed by atoms with Gasteiger partial charge < -0.3 is 20.7 Å². The Bertz CT molecular complexity index is 701. The Balaban J connectivity index is 2.09. The number of nitrogens with zero attached hydrogens (tertiary/aromatic N) is 3. The van der Waals surface area contributed by atoms with E-state index in [0.717, 1.165) is 0 Å². The smallest absolute Gasteiger partial charge is 0.280 e. The summed E-state index contributed by atoms with van der Waals surface area (Å²) in [6.07, 6.45) is -4.36. The number of H-pyrrole nitrogens is 1. The highest BCUT2D eigenvalue weighted by Crippen LogP contribution is 2.32. The number of ether oxygens (including phenoxy) is 1. The number of aromatic amines is 1. The van der Waals surface area contributed by atoms with Crippen LogP contribution in [0.1, 0.15) is 6.23 Å². The summed E-state index contributed by atoms with van der Waals surface area (Å²) < 4.78 is 20.4. The maximum Gasteiger partial charge on any atom is 0.280 e. The lowest BCUT2D eigenvalue weighted by atomic mass is 10.1. The Labute approximate surface area is 110 Å². The molecule has 108 valence electrons. The van der Waals surface area contributed by atoms with Crippen molar-refractivity contribution in [1.29, 1.82) is 0 Å². The van der Waals surface area contributed by atoms with E-state index in [-0.39, 0.29) is 17.1 Å². The molecule has 3 heterocycles. The molecule has 1 fully saturated rings. The van der Waals surface area contributed by atoms with Gasteiger partial charge in [-0.2, -0.15) is 4.98 Å². The topological polar surface area (TPSA) is 139 Å². The van der Waals surface area contributed by atoms with Crippen LogP contribution in [0.3, 0.4) is 0 Å². The van der Waals surface area contributed by atoms with Crippen molar-refractivity contribution < 1.29 is 19.3 Å². The molecule has 0 aliphatic carbocycles. The molecule has 0 saturated carbocycles. The van der Waals surface area contributed by atoms with Crippen molar-refractivity contribution >= 4 is 17.1 Å². The van der Waals surface area contributed by atoms with Gasteiger partial charge in [-0.15, -0.1) is 0 Å². The number of imidazole rings is 1. The fourth-order valence-electron chi connectivity index (χ4n) is 2.21. The normalized spacial score (nSPS) is 30.1. The zero-order valence-corrected chi connectivity index (χ0v) is 10.1. The maximum atomic E-state index is 14.0. The Kier molecular flexibility index (Phi) is 2.92. The molecule has 9 nitrogen and oxygen atoms in total. The lowest BCUT2D eigenvalue weighted by Crippen LogP contribution is -2.30. The summed E-state index contributed by atoms with van der Waals surface area (Å²) in [5.74, 6) is -0.142. The van der Waals surface area contributed by atoms with Gasteiger partial charge in [-0.3, -0.25) is 14.3 Å². The zero-order chi connectivity index (χ0) is 14.4. The van der Waals surface area contributed by atoms with Gasteiger partial charge in [0.15, 0.2) is 23.6 Å². The van der Waals surface area contributed by atoms with Crippen LogP contribution in [0.4, 0.5) is 10.3 Å². The number of hydrogen-bond donors (Lipinski definition) is 4. The monoisotopic (exact) mass is 285 g/mol. The van der Waals surface area contributed by atoms with E-state index in [4.69, 9.17) is 15.6 Å². The number of anilines is 1. The third kappa shape index (κ3) is 1.77. The number of aliphatic hydroxyl groups is 2. The van der Waals surface area contributed by atoms with Gasteiger partial charge in [0.2, 0.25) is 5.95 Å². The number of aromatic nitrogens is 4. The largest absolute Gasteiger partial charge is 0.394 e. The molecule has 0 radical (unpaired) electrons. The summed E-state index contributed by atoms with van der Waals surface area (Å²) in [5.41, 5.74) is 4.91. The summed E-state index contributed by atoms with van der Waals surface area (Å²) in [5, 5.41) is 18.6. The van der Waals surface area contributed by atoms with Gasteiger partial charge in [-0.1, -0.05) is 0 Å². The number of alkyl halides is 1. The van der Waals surface area contributed by atoms with Crippen LogP contribution in [0.25, 0.3) is 11.2 Å². The average Bonchev–Trinajstić information content (AvgIpc) is 2.93. The van der Waals surface area contributed by atoms with Gasteiger partial charge in [0, 0.05) is 0 Å². The van der Waals surface area contributed by atoms with Crippen LogP contribution >= 0.6 is 0 Å². The molecule has 5 N–H and O–H groups in total. The van der Waals surface area contributed by atoms with Crippen LogP contribution < -0.4 is 11.3 Å². The van der Waals surface area contributed by atoms with Crippen molar-refractivity contribution in [1.82, 2.24) is 19.5 Å². The van der Waals surface area contributed by atoms with Crippen LogP contribution in [0, 0.1) is 0 Å². The predicted octanol–water partition coefficient (Wildman–Crippen LogP) is -1.71. The lowest BCUT2D eigenvalue weighted by Gasteiger charge is -2.14.